The molecule has 2 aromatic rings. The van der Waals surface area contributed by atoms with Gasteiger partial charge in [0.05, 0.1) is 12.6 Å². The normalized spacial score (nSPS) is 19.7. The molecule has 9 heteroatoms. The van der Waals surface area contributed by atoms with Crippen molar-refractivity contribution >= 4 is 5.97 Å². The predicted molar refractivity (Wildman–Crippen MR) is 112 cm³/mol. The number of nitrogens with two attached hydrogens (primary N) is 1. The standard InChI is InChI=1S/C11H17N3O.C11H13NO4/c12-11(6-2-1-3-7-11)10-13-9(14-15-10)8-4-5-8;1-16-8-6-9(13)12-5-3-2-4-7(12)10(8)11(14)15/h8H,1-7,12H2;6H,2-5H2,1H3,(H,14,15). The van der Waals surface area contributed by atoms with E-state index in [-0.39, 0.29) is 22.4 Å². The number of carbonyl (C=O) groups is 1. The summed E-state index contributed by atoms with van der Waals surface area (Å²) < 4.78 is 11.8. The average Bonchev–Trinajstić information content (AvgIpc) is 3.50. The van der Waals surface area contributed by atoms with Crippen LogP contribution in [0.25, 0.3) is 0 Å². The average molecular weight is 431 g/mol. The molecule has 0 atom stereocenters. The molecule has 3 aliphatic rings. The molecular formula is C22H30N4O5. The molecule has 3 heterocycles. The van der Waals surface area contributed by atoms with Crippen molar-refractivity contribution in [2.45, 2.75) is 82.2 Å². The van der Waals surface area contributed by atoms with Crippen molar-refractivity contribution in [1.82, 2.24) is 14.7 Å². The first-order chi connectivity index (χ1) is 14.9. The number of carboxylic acids is 1. The van der Waals surface area contributed by atoms with Crippen molar-refractivity contribution < 1.29 is 19.2 Å². The monoisotopic (exact) mass is 430 g/mol. The molecule has 2 saturated carbocycles. The fraction of sp³-hybridized carbons (Fsp3) is 0.636. The summed E-state index contributed by atoms with van der Waals surface area (Å²) in [7, 11) is 1.38. The number of methoxy groups -OCH3 is 1. The second-order valence-corrected chi connectivity index (χ2v) is 8.74. The zero-order valence-corrected chi connectivity index (χ0v) is 17.9. The lowest BCUT2D eigenvalue weighted by molar-refractivity contribution is 0.0690. The second-order valence-electron chi connectivity index (χ2n) is 8.74. The molecule has 3 N–H and O–H groups in total. The van der Waals surface area contributed by atoms with E-state index in [0.29, 0.717) is 30.5 Å². The van der Waals surface area contributed by atoms with Crippen molar-refractivity contribution in [1.29, 1.82) is 0 Å². The van der Waals surface area contributed by atoms with Crippen LogP contribution in [-0.2, 0) is 18.5 Å². The summed E-state index contributed by atoms with van der Waals surface area (Å²) in [5.74, 6) is 1.22. The number of hydrogen-bond acceptors (Lipinski definition) is 7. The van der Waals surface area contributed by atoms with E-state index in [4.69, 9.17) is 20.1 Å². The van der Waals surface area contributed by atoms with Crippen LogP contribution in [-0.4, -0.2) is 32.9 Å². The topological polar surface area (TPSA) is 133 Å². The molecule has 2 aliphatic carbocycles. The summed E-state index contributed by atoms with van der Waals surface area (Å²) in [4.78, 5) is 27.3. The molecule has 1 aliphatic heterocycles. The Balaban J connectivity index is 0.000000149. The van der Waals surface area contributed by atoms with Gasteiger partial charge in [0.2, 0.25) is 5.89 Å². The molecule has 0 amide bonds. The number of rotatable bonds is 4. The molecule has 168 valence electrons. The van der Waals surface area contributed by atoms with Gasteiger partial charge in [0.1, 0.15) is 11.3 Å². The third-order valence-electron chi connectivity index (χ3n) is 6.42. The molecule has 0 bridgehead atoms. The molecule has 2 fully saturated rings. The van der Waals surface area contributed by atoms with Crippen LogP contribution in [0, 0.1) is 0 Å². The molecule has 0 saturated heterocycles. The number of pyridine rings is 1. The van der Waals surface area contributed by atoms with Gasteiger partial charge in [-0.2, -0.15) is 4.98 Å². The van der Waals surface area contributed by atoms with E-state index >= 15 is 0 Å². The lowest BCUT2D eigenvalue weighted by Crippen LogP contribution is -2.38. The molecule has 31 heavy (non-hydrogen) atoms. The van der Waals surface area contributed by atoms with Crippen LogP contribution in [0.3, 0.4) is 0 Å². The number of nitrogens with zero attached hydrogens (tertiary/aromatic N) is 3. The van der Waals surface area contributed by atoms with E-state index < -0.39 is 5.97 Å². The van der Waals surface area contributed by atoms with Crippen LogP contribution in [0.2, 0.25) is 0 Å². The zero-order chi connectivity index (χ0) is 22.0. The Hall–Kier alpha value is -2.68. The van der Waals surface area contributed by atoms with Gasteiger partial charge in [-0.15, -0.1) is 0 Å². The Bertz CT molecular complexity index is 1000. The maximum absolute atomic E-state index is 11.7. The molecular weight excluding hydrogens is 400 g/mol. The fourth-order valence-electron chi connectivity index (χ4n) is 4.47. The summed E-state index contributed by atoms with van der Waals surface area (Å²) in [6.45, 7) is 0.596. The zero-order valence-electron chi connectivity index (χ0n) is 17.9. The maximum atomic E-state index is 11.7. The highest BCUT2D eigenvalue weighted by atomic mass is 16.5. The minimum Gasteiger partial charge on any atom is -0.496 e. The summed E-state index contributed by atoms with van der Waals surface area (Å²) in [6.07, 6.45) is 10.5. The fourth-order valence-corrected chi connectivity index (χ4v) is 4.47. The summed E-state index contributed by atoms with van der Waals surface area (Å²) in [6, 6.07) is 1.25. The highest BCUT2D eigenvalue weighted by Crippen LogP contribution is 2.40. The van der Waals surface area contributed by atoms with Crippen LogP contribution >= 0.6 is 0 Å². The lowest BCUT2D eigenvalue weighted by Gasteiger charge is -2.29. The van der Waals surface area contributed by atoms with Gasteiger partial charge < -0.3 is 24.7 Å². The third kappa shape index (κ3) is 4.51. The van der Waals surface area contributed by atoms with Crippen molar-refractivity contribution in [3.8, 4) is 5.75 Å². The Morgan fingerprint density at radius 3 is 2.65 bits per heavy atom. The number of aromatic carboxylic acids is 1. The Morgan fingerprint density at radius 2 is 2.00 bits per heavy atom. The Labute approximate surface area is 180 Å². The quantitative estimate of drug-likeness (QED) is 0.756. The maximum Gasteiger partial charge on any atom is 0.341 e. The Kier molecular flexibility index (Phi) is 6.13. The predicted octanol–water partition coefficient (Wildman–Crippen LogP) is 2.96. The van der Waals surface area contributed by atoms with Gasteiger partial charge in [0, 0.05) is 24.2 Å². The van der Waals surface area contributed by atoms with Crippen molar-refractivity contribution in [2.75, 3.05) is 7.11 Å². The van der Waals surface area contributed by atoms with E-state index in [2.05, 4.69) is 10.1 Å². The molecule has 0 spiro atoms. The van der Waals surface area contributed by atoms with Crippen LogP contribution < -0.4 is 16.0 Å². The third-order valence-corrected chi connectivity index (χ3v) is 6.42. The SMILES string of the molecule is COc1cc(=O)n2c(c1C(=O)O)CCCC2.NC1(c2nc(C3CC3)no2)CCCCC1. The van der Waals surface area contributed by atoms with Gasteiger partial charge in [-0.25, -0.2) is 4.79 Å². The number of carboxylic acid groups (broad SMARTS) is 1. The van der Waals surface area contributed by atoms with Gasteiger partial charge in [-0.1, -0.05) is 24.4 Å². The molecule has 5 rings (SSSR count). The molecule has 0 unspecified atom stereocenters. The Morgan fingerprint density at radius 1 is 1.26 bits per heavy atom. The van der Waals surface area contributed by atoms with Crippen LogP contribution in [0.1, 0.15) is 91.5 Å². The van der Waals surface area contributed by atoms with Crippen molar-refractivity contribution in [3.63, 3.8) is 0 Å². The van der Waals surface area contributed by atoms with E-state index in [9.17, 15) is 9.59 Å². The van der Waals surface area contributed by atoms with Crippen LogP contribution in [0.4, 0.5) is 0 Å². The first-order valence-electron chi connectivity index (χ1n) is 11.1. The van der Waals surface area contributed by atoms with Gasteiger partial charge >= 0.3 is 5.97 Å². The second kappa shape index (κ2) is 8.82. The summed E-state index contributed by atoms with van der Waals surface area (Å²) >= 11 is 0. The highest BCUT2D eigenvalue weighted by molar-refractivity contribution is 5.92. The van der Waals surface area contributed by atoms with Crippen LogP contribution in [0.15, 0.2) is 15.4 Å². The first-order valence-corrected chi connectivity index (χ1v) is 11.1. The van der Waals surface area contributed by atoms with Crippen molar-refractivity contribution in [2.24, 2.45) is 5.73 Å². The smallest absolute Gasteiger partial charge is 0.341 e. The van der Waals surface area contributed by atoms with Gasteiger partial charge in [0.15, 0.2) is 5.82 Å². The number of hydrogen-bond donors (Lipinski definition) is 2. The van der Waals surface area contributed by atoms with Crippen molar-refractivity contribution in [3.05, 3.63) is 39.4 Å². The van der Waals surface area contributed by atoms with E-state index in [0.717, 1.165) is 31.5 Å². The van der Waals surface area contributed by atoms with Gasteiger partial charge in [0.25, 0.3) is 5.56 Å². The number of ether oxygens (including phenoxy) is 1. The molecule has 0 radical (unpaired) electrons. The summed E-state index contributed by atoms with van der Waals surface area (Å²) in [5, 5.41) is 13.2. The van der Waals surface area contributed by atoms with E-state index in [1.54, 1.807) is 0 Å². The first kappa shape index (κ1) is 21.5. The lowest BCUT2D eigenvalue weighted by atomic mass is 9.82. The molecule has 2 aromatic heterocycles. The minimum atomic E-state index is -1.04. The minimum absolute atomic E-state index is 0.127. The van der Waals surface area contributed by atoms with E-state index in [1.165, 1.54) is 49.8 Å². The highest BCUT2D eigenvalue weighted by Gasteiger charge is 2.37. The summed E-state index contributed by atoms with van der Waals surface area (Å²) in [5.41, 5.74) is 6.51. The number of aromatic nitrogens is 3. The van der Waals surface area contributed by atoms with Gasteiger partial charge in [-0.05, 0) is 44.9 Å². The molecule has 9 nitrogen and oxygen atoms in total. The van der Waals surface area contributed by atoms with Crippen LogP contribution in [0.5, 0.6) is 5.75 Å². The van der Waals surface area contributed by atoms with E-state index in [1.807, 2.05) is 0 Å². The van der Waals surface area contributed by atoms with Gasteiger partial charge in [-0.3, -0.25) is 4.79 Å². The number of fused-ring (bicyclic) bond motifs is 1. The molecule has 0 aromatic carbocycles. The largest absolute Gasteiger partial charge is 0.496 e.